The Balaban J connectivity index is 1.47. The van der Waals surface area contributed by atoms with Crippen molar-refractivity contribution in [3.05, 3.63) is 77.5 Å². The Morgan fingerprint density at radius 2 is 1.77 bits per heavy atom. The highest BCUT2D eigenvalue weighted by molar-refractivity contribution is 7.89. The molecule has 2 aromatic carbocycles. The van der Waals surface area contributed by atoms with Gasteiger partial charge in [0.15, 0.2) is 0 Å². The number of hydrogen-bond donors (Lipinski definition) is 2. The summed E-state index contributed by atoms with van der Waals surface area (Å²) in [6.07, 6.45) is 4.11. The first-order chi connectivity index (χ1) is 16.7. The molecule has 0 saturated carbocycles. The molecule has 1 aliphatic heterocycles. The number of nitrogens with two attached hydrogens (primary N) is 1. The molecule has 9 nitrogen and oxygen atoms in total. The first kappa shape index (κ1) is 24.4. The van der Waals surface area contributed by atoms with E-state index in [9.17, 15) is 18.0 Å². The Morgan fingerprint density at radius 3 is 2.46 bits per heavy atom. The number of anilines is 1. The van der Waals surface area contributed by atoms with E-state index >= 15 is 0 Å². The van der Waals surface area contributed by atoms with Crippen LogP contribution in [0.3, 0.4) is 0 Å². The average Bonchev–Trinajstić information content (AvgIpc) is 2.86. The van der Waals surface area contributed by atoms with Gasteiger partial charge in [-0.1, -0.05) is 18.6 Å². The molecule has 1 saturated heterocycles. The van der Waals surface area contributed by atoms with Crippen molar-refractivity contribution in [1.29, 1.82) is 0 Å². The van der Waals surface area contributed by atoms with E-state index in [0.717, 1.165) is 19.3 Å². The largest absolute Gasteiger partial charge is 0.439 e. The molecule has 0 unspecified atom stereocenters. The summed E-state index contributed by atoms with van der Waals surface area (Å²) in [5.41, 5.74) is 6.83. The summed E-state index contributed by atoms with van der Waals surface area (Å²) in [7, 11) is -3.67. The number of pyridine rings is 1. The summed E-state index contributed by atoms with van der Waals surface area (Å²) >= 11 is 0. The zero-order chi connectivity index (χ0) is 25.0. The molecule has 1 aliphatic rings. The number of hydrogen-bond acceptors (Lipinski definition) is 6. The van der Waals surface area contributed by atoms with Gasteiger partial charge in [0, 0.05) is 30.3 Å². The van der Waals surface area contributed by atoms with E-state index in [1.54, 1.807) is 49.4 Å². The Bertz CT molecular complexity index is 1350. The summed E-state index contributed by atoms with van der Waals surface area (Å²) < 4.78 is 33.4. The van der Waals surface area contributed by atoms with Gasteiger partial charge < -0.3 is 15.8 Å². The van der Waals surface area contributed by atoms with Gasteiger partial charge in [-0.3, -0.25) is 9.59 Å². The highest BCUT2D eigenvalue weighted by atomic mass is 32.2. The number of rotatable bonds is 7. The van der Waals surface area contributed by atoms with Crippen LogP contribution >= 0.6 is 0 Å². The molecule has 0 spiro atoms. The second-order valence-electron chi connectivity index (χ2n) is 8.28. The van der Waals surface area contributed by atoms with Gasteiger partial charge in [0.25, 0.3) is 5.91 Å². The minimum Gasteiger partial charge on any atom is -0.439 e. The van der Waals surface area contributed by atoms with Crippen molar-refractivity contribution in [2.75, 3.05) is 18.4 Å². The van der Waals surface area contributed by atoms with Crippen molar-refractivity contribution in [2.45, 2.75) is 31.1 Å². The molecule has 182 valence electrons. The molecule has 10 heteroatoms. The van der Waals surface area contributed by atoms with Gasteiger partial charge in [-0.05, 0) is 61.7 Å². The Hall–Kier alpha value is -3.76. The van der Waals surface area contributed by atoms with E-state index in [1.165, 1.54) is 22.6 Å². The van der Waals surface area contributed by atoms with Crippen molar-refractivity contribution >= 4 is 27.5 Å². The average molecular weight is 495 g/mol. The third kappa shape index (κ3) is 5.67. The minimum absolute atomic E-state index is 0.145. The van der Waals surface area contributed by atoms with Crippen molar-refractivity contribution < 1.29 is 22.7 Å². The zero-order valence-electron chi connectivity index (χ0n) is 19.2. The van der Waals surface area contributed by atoms with E-state index in [2.05, 4.69) is 10.3 Å². The Morgan fingerprint density at radius 1 is 1.00 bits per heavy atom. The molecular weight excluding hydrogens is 468 g/mol. The van der Waals surface area contributed by atoms with Crippen LogP contribution in [0.25, 0.3) is 0 Å². The molecule has 2 amide bonds. The zero-order valence-corrected chi connectivity index (χ0v) is 20.0. The lowest BCUT2D eigenvalue weighted by Crippen LogP contribution is -2.36. The second kappa shape index (κ2) is 10.2. The van der Waals surface area contributed by atoms with Crippen LogP contribution in [0.15, 0.2) is 65.7 Å². The molecule has 0 atom stereocenters. The fraction of sp³-hybridized carbons (Fsp3) is 0.240. The van der Waals surface area contributed by atoms with Gasteiger partial charge in [-0.15, -0.1) is 0 Å². The maximum Gasteiger partial charge on any atom is 0.255 e. The molecular formula is C25H26N4O5S. The van der Waals surface area contributed by atoms with Crippen molar-refractivity contribution in [3.63, 3.8) is 0 Å². The van der Waals surface area contributed by atoms with E-state index in [-0.39, 0.29) is 16.3 Å². The van der Waals surface area contributed by atoms with Gasteiger partial charge >= 0.3 is 0 Å². The fourth-order valence-corrected chi connectivity index (χ4v) is 5.58. The number of amides is 2. The topological polar surface area (TPSA) is 132 Å². The van der Waals surface area contributed by atoms with Crippen LogP contribution in [0.1, 0.15) is 45.5 Å². The second-order valence-corrected chi connectivity index (χ2v) is 10.2. The van der Waals surface area contributed by atoms with Gasteiger partial charge in [0.2, 0.25) is 21.8 Å². The smallest absolute Gasteiger partial charge is 0.255 e. The van der Waals surface area contributed by atoms with Crippen LogP contribution in [-0.4, -0.2) is 42.6 Å². The van der Waals surface area contributed by atoms with Crippen molar-refractivity contribution in [2.24, 2.45) is 5.73 Å². The molecule has 3 aromatic rings. The highest BCUT2D eigenvalue weighted by Gasteiger charge is 2.28. The SMILES string of the molecule is Cc1ccc(C(=O)Nc2ccc(Oc3cccc(C(N)=O)c3)nc2)cc1S(=O)(=O)N1CCCCC1. The quantitative estimate of drug-likeness (QED) is 0.515. The maximum atomic E-state index is 13.1. The van der Waals surface area contributed by atoms with Gasteiger partial charge in [0.1, 0.15) is 5.75 Å². The van der Waals surface area contributed by atoms with E-state index in [0.29, 0.717) is 35.7 Å². The van der Waals surface area contributed by atoms with Crippen LogP contribution in [-0.2, 0) is 10.0 Å². The number of benzene rings is 2. The molecule has 3 N–H and O–H groups in total. The number of piperidine rings is 1. The van der Waals surface area contributed by atoms with Gasteiger partial charge in [0.05, 0.1) is 16.8 Å². The van der Waals surface area contributed by atoms with Crippen molar-refractivity contribution in [3.8, 4) is 11.6 Å². The molecule has 4 rings (SSSR count). The van der Waals surface area contributed by atoms with Crippen molar-refractivity contribution in [1.82, 2.24) is 9.29 Å². The third-order valence-corrected chi connectivity index (χ3v) is 7.76. The lowest BCUT2D eigenvalue weighted by Gasteiger charge is -2.26. The Kier molecular flexibility index (Phi) is 7.13. The van der Waals surface area contributed by atoms with Gasteiger partial charge in [-0.2, -0.15) is 4.31 Å². The molecule has 0 aliphatic carbocycles. The molecule has 1 aromatic heterocycles. The van der Waals surface area contributed by atoms with Crippen LogP contribution in [0.2, 0.25) is 0 Å². The van der Waals surface area contributed by atoms with Crippen LogP contribution in [0.5, 0.6) is 11.6 Å². The predicted octanol–water partition coefficient (Wildman–Crippen LogP) is 3.71. The number of ether oxygens (including phenoxy) is 1. The summed E-state index contributed by atoms with van der Waals surface area (Å²) in [5.74, 6) is -0.364. The van der Waals surface area contributed by atoms with Crippen LogP contribution < -0.4 is 15.8 Å². The third-order valence-electron chi connectivity index (χ3n) is 5.72. The lowest BCUT2D eigenvalue weighted by molar-refractivity contribution is 0.0997. The molecule has 1 fully saturated rings. The summed E-state index contributed by atoms with van der Waals surface area (Å²) in [5, 5.41) is 2.72. The van der Waals surface area contributed by atoms with Crippen LogP contribution in [0, 0.1) is 6.92 Å². The first-order valence-corrected chi connectivity index (χ1v) is 12.6. The lowest BCUT2D eigenvalue weighted by atomic mass is 10.1. The number of carbonyl (C=O) groups is 2. The van der Waals surface area contributed by atoms with E-state index in [1.807, 2.05) is 0 Å². The molecule has 0 radical (unpaired) electrons. The molecule has 35 heavy (non-hydrogen) atoms. The number of aromatic nitrogens is 1. The maximum absolute atomic E-state index is 13.1. The number of carbonyl (C=O) groups excluding carboxylic acids is 2. The molecule has 0 bridgehead atoms. The monoisotopic (exact) mass is 494 g/mol. The first-order valence-electron chi connectivity index (χ1n) is 11.2. The van der Waals surface area contributed by atoms with Crippen LogP contribution in [0.4, 0.5) is 5.69 Å². The minimum atomic E-state index is -3.67. The number of nitrogens with zero attached hydrogens (tertiary/aromatic N) is 2. The fourth-order valence-electron chi connectivity index (χ4n) is 3.82. The predicted molar refractivity (Wildman–Crippen MR) is 131 cm³/mol. The normalized spacial score (nSPS) is 14.3. The highest BCUT2D eigenvalue weighted by Crippen LogP contribution is 2.25. The summed E-state index contributed by atoms with van der Waals surface area (Å²) in [6.45, 7) is 2.70. The standard InChI is InChI=1S/C25H26N4O5S/c1-17-8-9-19(15-22(17)35(32,33)29-12-3-2-4-13-29)25(31)28-20-10-11-23(27-16-20)34-21-7-5-6-18(14-21)24(26)30/h5-11,14-16H,2-4,12-13H2,1H3,(H2,26,30)(H,28,31). The summed E-state index contributed by atoms with van der Waals surface area (Å²) in [6, 6.07) is 14.2. The molecule has 2 heterocycles. The van der Waals surface area contributed by atoms with Gasteiger partial charge in [-0.25, -0.2) is 13.4 Å². The number of nitrogens with one attached hydrogen (secondary N) is 1. The number of primary amides is 1. The van der Waals surface area contributed by atoms with E-state index in [4.69, 9.17) is 10.5 Å². The Labute approximate surface area is 204 Å². The van der Waals surface area contributed by atoms with E-state index < -0.39 is 21.8 Å². The summed E-state index contributed by atoms with van der Waals surface area (Å²) in [4.78, 5) is 28.5. The number of aryl methyl sites for hydroxylation is 1. The number of sulfonamides is 1.